The molecule has 0 radical (unpaired) electrons. The molecule has 0 N–H and O–H groups in total. The van der Waals surface area contributed by atoms with Crippen LogP contribution in [-0.4, -0.2) is 41.9 Å². The largest absolute Gasteiger partial charge is 0.492 e. The lowest BCUT2D eigenvalue weighted by molar-refractivity contribution is -0.443. The Kier molecular flexibility index (Phi) is 5.53. The van der Waals surface area contributed by atoms with Crippen LogP contribution in [0.5, 0.6) is 0 Å². The van der Waals surface area contributed by atoms with Gasteiger partial charge in [-0.3, -0.25) is 0 Å². The molecule has 14 heteroatoms. The fraction of sp³-hybridized carbons (Fsp3) is 0.800. The molecule has 0 aromatic rings. The molecule has 0 aromatic carbocycles. The van der Waals surface area contributed by atoms with Crippen molar-refractivity contribution in [3.05, 3.63) is 12.8 Å². The van der Waals surface area contributed by atoms with Crippen molar-refractivity contribution in [2.24, 2.45) is 0 Å². The molecule has 0 spiro atoms. The highest BCUT2D eigenvalue weighted by Gasteiger charge is 2.91. The van der Waals surface area contributed by atoms with Crippen molar-refractivity contribution in [2.45, 2.75) is 48.8 Å². The summed E-state index contributed by atoms with van der Waals surface area (Å²) in [4.78, 5) is 0. The number of alkyl halides is 13. The van der Waals surface area contributed by atoms with Gasteiger partial charge >= 0.3 is 35.8 Å². The minimum atomic E-state index is -7.90. The fourth-order valence-corrected chi connectivity index (χ4v) is 1.27. The van der Waals surface area contributed by atoms with Crippen LogP contribution in [0.2, 0.25) is 0 Å². The second-order valence-electron chi connectivity index (χ2n) is 4.36. The minimum absolute atomic E-state index is 0.00919. The predicted molar refractivity (Wildman–Crippen MR) is 51.5 cm³/mol. The Morgan fingerprint density at radius 2 is 1.00 bits per heavy atom. The molecule has 1 nitrogen and oxygen atoms in total. The molecule has 0 saturated carbocycles. The normalized spacial score (nSPS) is 16.8. The number of hydrogen-bond donors (Lipinski definition) is 0. The summed E-state index contributed by atoms with van der Waals surface area (Å²) in [5, 5.41) is 0. The molecule has 24 heavy (non-hydrogen) atoms. The van der Waals surface area contributed by atoms with E-state index in [0.29, 0.717) is 0 Å². The van der Waals surface area contributed by atoms with Crippen molar-refractivity contribution in [3.63, 3.8) is 0 Å². The molecule has 1 atom stereocenters. The lowest BCUT2D eigenvalue weighted by Crippen LogP contribution is -2.71. The van der Waals surface area contributed by atoms with Crippen LogP contribution in [0.15, 0.2) is 12.8 Å². The number of rotatable bonds is 7. The Hall–Kier alpha value is -1.37. The zero-order valence-corrected chi connectivity index (χ0v) is 11.2. The standard InChI is InChI=1S/C10H7F13O/c1-3-24-4(2)5(11,12)6(13,14)7(15,16)8(17,18)9(19,20)10(21,22)23/h3-4H,1H2,2H3. The molecule has 0 amide bonds. The Morgan fingerprint density at radius 3 is 1.29 bits per heavy atom. The third-order valence-electron chi connectivity index (χ3n) is 2.77. The molecule has 0 rings (SSSR count). The van der Waals surface area contributed by atoms with Gasteiger partial charge in [-0.1, -0.05) is 6.58 Å². The summed E-state index contributed by atoms with van der Waals surface area (Å²) in [5.74, 6) is -37.1. The summed E-state index contributed by atoms with van der Waals surface area (Å²) in [5.41, 5.74) is 0. The topological polar surface area (TPSA) is 9.23 Å². The van der Waals surface area contributed by atoms with Gasteiger partial charge in [0, 0.05) is 0 Å². The highest BCUT2D eigenvalue weighted by molar-refractivity contribution is 5.11. The summed E-state index contributed by atoms with van der Waals surface area (Å²) < 4.78 is 169. The Bertz CT molecular complexity index is 464. The first kappa shape index (κ1) is 22.6. The van der Waals surface area contributed by atoms with Crippen LogP contribution >= 0.6 is 0 Å². The van der Waals surface area contributed by atoms with Gasteiger partial charge < -0.3 is 4.74 Å². The second-order valence-corrected chi connectivity index (χ2v) is 4.36. The van der Waals surface area contributed by atoms with E-state index in [9.17, 15) is 57.1 Å². The van der Waals surface area contributed by atoms with Crippen LogP contribution in [-0.2, 0) is 4.74 Å². The van der Waals surface area contributed by atoms with E-state index in [2.05, 4.69) is 11.3 Å². The molecule has 0 fully saturated rings. The summed E-state index contributed by atoms with van der Waals surface area (Å²) in [6, 6.07) is 0. The zero-order chi connectivity index (χ0) is 20.0. The smallest absolute Gasteiger partial charge is 0.460 e. The Labute approximate surface area is 125 Å². The van der Waals surface area contributed by atoms with Crippen LogP contribution in [0.25, 0.3) is 0 Å². The van der Waals surface area contributed by atoms with Gasteiger partial charge in [0.25, 0.3) is 0 Å². The number of ether oxygens (including phenoxy) is 1. The van der Waals surface area contributed by atoms with Crippen molar-refractivity contribution in [1.82, 2.24) is 0 Å². The van der Waals surface area contributed by atoms with E-state index in [0.717, 1.165) is 0 Å². The summed E-state index contributed by atoms with van der Waals surface area (Å²) in [7, 11) is 0. The van der Waals surface area contributed by atoms with Crippen LogP contribution < -0.4 is 0 Å². The fourth-order valence-electron chi connectivity index (χ4n) is 1.27. The van der Waals surface area contributed by atoms with Gasteiger partial charge in [-0.05, 0) is 6.92 Å². The van der Waals surface area contributed by atoms with Crippen molar-refractivity contribution in [1.29, 1.82) is 0 Å². The molecule has 144 valence electrons. The summed E-state index contributed by atoms with van der Waals surface area (Å²) >= 11 is 0. The SMILES string of the molecule is C=COC(C)C(F)(F)C(F)(F)C(F)(F)C(F)(F)C(F)(F)C(F)(F)F. The van der Waals surface area contributed by atoms with Crippen LogP contribution in [0, 0.1) is 0 Å². The highest BCUT2D eigenvalue weighted by Crippen LogP contribution is 2.60. The third-order valence-corrected chi connectivity index (χ3v) is 2.77. The van der Waals surface area contributed by atoms with E-state index in [1.54, 1.807) is 0 Å². The molecule has 1 unspecified atom stereocenters. The first-order chi connectivity index (χ1) is 10.2. The minimum Gasteiger partial charge on any atom is -0.492 e. The van der Waals surface area contributed by atoms with E-state index < -0.39 is 41.9 Å². The Balaban J connectivity index is 6.25. The van der Waals surface area contributed by atoms with E-state index in [4.69, 9.17) is 0 Å². The number of hydrogen-bond acceptors (Lipinski definition) is 1. The average molecular weight is 390 g/mol. The predicted octanol–water partition coefficient (Wildman–Crippen LogP) is 5.27. The quantitative estimate of drug-likeness (QED) is 0.425. The molecular formula is C10H7F13O. The average Bonchev–Trinajstić information content (AvgIpc) is 2.36. The van der Waals surface area contributed by atoms with Gasteiger partial charge in [0.15, 0.2) is 6.10 Å². The van der Waals surface area contributed by atoms with Crippen LogP contribution in [0.4, 0.5) is 57.1 Å². The molecule has 0 heterocycles. The monoisotopic (exact) mass is 390 g/mol. The summed E-state index contributed by atoms with van der Waals surface area (Å²) in [6.07, 6.45) is -10.7. The Morgan fingerprint density at radius 1 is 0.667 bits per heavy atom. The maximum Gasteiger partial charge on any atom is 0.460 e. The molecule has 0 bridgehead atoms. The lowest BCUT2D eigenvalue weighted by atomic mass is 9.92. The second kappa shape index (κ2) is 5.86. The van der Waals surface area contributed by atoms with E-state index >= 15 is 0 Å². The van der Waals surface area contributed by atoms with Crippen molar-refractivity contribution in [3.8, 4) is 0 Å². The maximum absolute atomic E-state index is 13.2. The van der Waals surface area contributed by atoms with Gasteiger partial charge in [-0.25, -0.2) is 0 Å². The first-order valence-corrected chi connectivity index (χ1v) is 5.45. The lowest BCUT2D eigenvalue weighted by Gasteiger charge is -2.40. The maximum atomic E-state index is 13.2. The molecule has 0 saturated heterocycles. The van der Waals surface area contributed by atoms with Crippen molar-refractivity contribution in [2.75, 3.05) is 0 Å². The van der Waals surface area contributed by atoms with Gasteiger partial charge in [0.1, 0.15) is 0 Å². The number of halogens is 13. The van der Waals surface area contributed by atoms with Gasteiger partial charge in [0.05, 0.1) is 6.26 Å². The van der Waals surface area contributed by atoms with E-state index in [1.165, 1.54) is 0 Å². The molecule has 0 aliphatic heterocycles. The van der Waals surface area contributed by atoms with Gasteiger partial charge in [-0.15, -0.1) is 0 Å². The summed E-state index contributed by atoms with van der Waals surface area (Å²) in [6.45, 7) is 2.52. The van der Waals surface area contributed by atoms with Crippen LogP contribution in [0.3, 0.4) is 0 Å². The third kappa shape index (κ3) is 2.87. The molecular weight excluding hydrogens is 383 g/mol. The van der Waals surface area contributed by atoms with Gasteiger partial charge in [-0.2, -0.15) is 57.1 Å². The van der Waals surface area contributed by atoms with Crippen molar-refractivity contribution >= 4 is 0 Å². The first-order valence-electron chi connectivity index (χ1n) is 5.45. The highest BCUT2D eigenvalue weighted by atomic mass is 19.4. The van der Waals surface area contributed by atoms with Crippen LogP contribution in [0.1, 0.15) is 6.92 Å². The zero-order valence-electron chi connectivity index (χ0n) is 11.2. The van der Waals surface area contributed by atoms with Crippen molar-refractivity contribution < 1.29 is 61.8 Å². The van der Waals surface area contributed by atoms with E-state index in [-0.39, 0.29) is 13.2 Å². The van der Waals surface area contributed by atoms with Gasteiger partial charge in [0.2, 0.25) is 0 Å². The molecule has 0 aromatic heterocycles. The van der Waals surface area contributed by atoms with E-state index in [1.807, 2.05) is 0 Å². The molecule has 0 aliphatic rings. The molecule has 0 aliphatic carbocycles.